The highest BCUT2D eigenvalue weighted by molar-refractivity contribution is 7.91. The van der Waals surface area contributed by atoms with Crippen LogP contribution in [0.3, 0.4) is 0 Å². The number of aliphatic carboxylic acids is 2. The molecule has 324 valence electrons. The maximum Gasteiger partial charge on any atom is 0.307 e. The molecule has 14 nitrogen and oxygen atoms in total. The van der Waals surface area contributed by atoms with Gasteiger partial charge in [0.05, 0.1) is 33.3 Å². The lowest BCUT2D eigenvalue weighted by atomic mass is 9.79. The second-order valence-electron chi connectivity index (χ2n) is 15.6. The number of ketones is 2. The van der Waals surface area contributed by atoms with Gasteiger partial charge in [-0.25, -0.2) is 26.8 Å². The van der Waals surface area contributed by atoms with Crippen molar-refractivity contribution in [3.05, 3.63) is 117 Å². The molecular formula is C44H42Cl2N4O10S2. The molecule has 2 aliphatic heterocycles. The molecule has 3 atom stereocenters. The Hall–Kier alpha value is -5.42. The fourth-order valence-electron chi connectivity index (χ4n) is 9.00. The maximum absolute atomic E-state index is 13.8. The summed E-state index contributed by atoms with van der Waals surface area (Å²) >= 11 is 11.9. The van der Waals surface area contributed by atoms with Gasteiger partial charge >= 0.3 is 11.9 Å². The Morgan fingerprint density at radius 3 is 1.55 bits per heavy atom. The number of fused-ring (bicyclic) bond motifs is 6. The fourth-order valence-corrected chi connectivity index (χ4v) is 11.0. The lowest BCUT2D eigenvalue weighted by molar-refractivity contribution is -0.143. The molecule has 18 heteroatoms. The molecule has 62 heavy (non-hydrogen) atoms. The van der Waals surface area contributed by atoms with Gasteiger partial charge in [-0.15, -0.1) is 0 Å². The van der Waals surface area contributed by atoms with E-state index in [4.69, 9.17) is 23.2 Å². The van der Waals surface area contributed by atoms with Crippen molar-refractivity contribution in [2.75, 3.05) is 12.5 Å². The highest BCUT2D eigenvalue weighted by Crippen LogP contribution is 2.45. The topological polar surface area (TPSA) is 213 Å². The average Bonchev–Trinajstić information content (AvgIpc) is 3.75. The molecule has 0 radical (unpaired) electrons. The summed E-state index contributed by atoms with van der Waals surface area (Å²) in [5, 5.41) is 20.7. The number of hydrogen-bond acceptors (Lipinski definition) is 10. The van der Waals surface area contributed by atoms with Gasteiger partial charge in [0.1, 0.15) is 11.3 Å². The van der Waals surface area contributed by atoms with Crippen molar-refractivity contribution in [1.29, 1.82) is 0 Å². The minimum atomic E-state index is -3.68. The molecule has 0 spiro atoms. The van der Waals surface area contributed by atoms with Gasteiger partial charge in [0.15, 0.2) is 31.2 Å². The third-order valence-corrected chi connectivity index (χ3v) is 14.4. The number of sulfone groups is 2. The summed E-state index contributed by atoms with van der Waals surface area (Å²) in [5.74, 6) is -4.19. The SMILES string of the molecule is CCC(C(=O)O)C1CCCn2c1c(C(=O)c1ccc(Cl)cc1)c1c(S(C)(=O)=O)ccnc12.CS(=O)(=O)c1ccnc2c1c(C(=O)c1ccc(Cl)cc1)c1n2CCCC1CC(=O)O. The van der Waals surface area contributed by atoms with Crippen LogP contribution in [0.5, 0.6) is 0 Å². The van der Waals surface area contributed by atoms with Crippen LogP contribution in [0.2, 0.25) is 10.0 Å². The quantitative estimate of drug-likeness (QED) is 0.118. The van der Waals surface area contributed by atoms with E-state index >= 15 is 0 Å². The summed E-state index contributed by atoms with van der Waals surface area (Å²) in [6.45, 7) is 2.88. The molecule has 6 heterocycles. The Kier molecular flexibility index (Phi) is 12.5. The Bertz CT molecular complexity index is 3020. The normalized spacial score (nSPS) is 16.8. The van der Waals surface area contributed by atoms with Crippen molar-refractivity contribution < 1.29 is 46.2 Å². The Balaban J connectivity index is 0.000000187. The lowest BCUT2D eigenvalue weighted by Gasteiger charge is -2.30. The molecule has 2 aromatic carbocycles. The number of carbonyl (C=O) groups is 4. The highest BCUT2D eigenvalue weighted by Gasteiger charge is 2.39. The van der Waals surface area contributed by atoms with E-state index in [9.17, 15) is 46.2 Å². The van der Waals surface area contributed by atoms with E-state index in [0.717, 1.165) is 12.5 Å². The van der Waals surface area contributed by atoms with Crippen LogP contribution in [0.25, 0.3) is 22.1 Å². The van der Waals surface area contributed by atoms with Gasteiger partial charge in [-0.05, 0) is 92.8 Å². The minimum absolute atomic E-state index is 0.0146. The third kappa shape index (κ3) is 8.40. The zero-order chi connectivity index (χ0) is 44.8. The molecule has 2 aliphatic rings. The molecule has 0 saturated heterocycles. The van der Waals surface area contributed by atoms with E-state index < -0.39 is 49.4 Å². The summed E-state index contributed by atoms with van der Waals surface area (Å²) in [7, 11) is -7.33. The number of aryl methyl sites for hydroxylation is 2. The van der Waals surface area contributed by atoms with Crippen LogP contribution in [0.15, 0.2) is 82.8 Å². The van der Waals surface area contributed by atoms with Crippen LogP contribution in [0, 0.1) is 5.92 Å². The molecule has 3 unspecified atom stereocenters. The van der Waals surface area contributed by atoms with Gasteiger partial charge in [0, 0.05) is 93.2 Å². The number of halogens is 2. The second-order valence-corrected chi connectivity index (χ2v) is 20.4. The summed E-state index contributed by atoms with van der Waals surface area (Å²) in [6, 6.07) is 15.5. The number of benzene rings is 2. The summed E-state index contributed by atoms with van der Waals surface area (Å²) in [5.41, 5.74) is 3.02. The van der Waals surface area contributed by atoms with Crippen molar-refractivity contribution in [1.82, 2.24) is 19.1 Å². The first kappa shape index (κ1) is 44.6. The van der Waals surface area contributed by atoms with Crippen molar-refractivity contribution in [3.63, 3.8) is 0 Å². The number of carboxylic acid groups (broad SMARTS) is 2. The Morgan fingerprint density at radius 2 is 1.13 bits per heavy atom. The van der Waals surface area contributed by atoms with Gasteiger partial charge in [-0.3, -0.25) is 19.2 Å². The van der Waals surface area contributed by atoms with E-state index in [2.05, 4.69) is 9.97 Å². The summed E-state index contributed by atoms with van der Waals surface area (Å²) in [4.78, 5) is 59.7. The molecule has 0 aliphatic carbocycles. The number of carbonyl (C=O) groups excluding carboxylic acids is 2. The highest BCUT2D eigenvalue weighted by atomic mass is 35.5. The molecular weight excluding hydrogens is 880 g/mol. The van der Waals surface area contributed by atoms with Crippen LogP contribution >= 0.6 is 23.2 Å². The average molecular weight is 922 g/mol. The summed E-state index contributed by atoms with van der Waals surface area (Å²) in [6.07, 6.45) is 7.87. The minimum Gasteiger partial charge on any atom is -0.481 e. The van der Waals surface area contributed by atoms with Crippen molar-refractivity contribution in [2.45, 2.75) is 80.2 Å². The van der Waals surface area contributed by atoms with Crippen LogP contribution in [-0.2, 0) is 42.4 Å². The van der Waals surface area contributed by atoms with Crippen molar-refractivity contribution in [3.8, 4) is 0 Å². The van der Waals surface area contributed by atoms with Gasteiger partial charge in [-0.2, -0.15) is 0 Å². The molecule has 2 N–H and O–H groups in total. The molecule has 6 aromatic rings. The smallest absolute Gasteiger partial charge is 0.307 e. The van der Waals surface area contributed by atoms with E-state index in [-0.39, 0.29) is 49.7 Å². The maximum atomic E-state index is 13.8. The molecule has 0 saturated carbocycles. The third-order valence-electron chi connectivity index (χ3n) is 11.6. The van der Waals surface area contributed by atoms with Crippen molar-refractivity contribution >= 4 is 88.4 Å². The van der Waals surface area contributed by atoms with Gasteiger partial charge in [0.25, 0.3) is 0 Å². The standard InChI is InChI=1S/C23H23ClN2O5S.C21H19ClN2O5S/c1-3-15(23(28)29)16-5-4-12-26-20(16)19(21(27)13-6-8-14(24)9-7-13)18-17(32(2,30)31)10-11-25-22(18)26;1-30(28,29)15-8-9-23-21-17(15)18(20(27)12-4-6-14(22)7-5-12)19-13(11-16(25)26)3-2-10-24(19)21/h6-11,15-16H,3-5,12H2,1-2H3,(H,28,29);4-9,13H,2-3,10-11H2,1H3,(H,25,26). The van der Waals surface area contributed by atoms with Gasteiger partial charge < -0.3 is 19.3 Å². The molecule has 4 aromatic heterocycles. The van der Waals surface area contributed by atoms with E-state index in [1.54, 1.807) is 55.5 Å². The number of carboxylic acids is 2. The zero-order valence-corrected chi connectivity index (χ0v) is 37.0. The van der Waals surface area contributed by atoms with Crippen LogP contribution in [0.4, 0.5) is 0 Å². The number of hydrogen-bond donors (Lipinski definition) is 2. The predicted octanol–water partition coefficient (Wildman–Crippen LogP) is 7.99. The largest absolute Gasteiger partial charge is 0.481 e. The van der Waals surface area contributed by atoms with E-state index in [1.807, 2.05) is 9.13 Å². The molecule has 0 bridgehead atoms. The zero-order valence-electron chi connectivity index (χ0n) is 33.8. The number of pyridine rings is 2. The number of rotatable bonds is 11. The first-order valence-corrected chi connectivity index (χ1v) is 24.3. The van der Waals surface area contributed by atoms with Gasteiger partial charge in [0.2, 0.25) is 0 Å². The monoisotopic (exact) mass is 920 g/mol. The Labute approximate surface area is 367 Å². The van der Waals surface area contributed by atoms with Crippen LogP contribution < -0.4 is 0 Å². The lowest BCUT2D eigenvalue weighted by Crippen LogP contribution is -2.28. The Morgan fingerprint density at radius 1 is 0.694 bits per heavy atom. The fraction of sp³-hybridized carbons (Fsp3) is 0.318. The molecule has 8 rings (SSSR count). The van der Waals surface area contributed by atoms with Crippen molar-refractivity contribution in [2.24, 2.45) is 5.92 Å². The van der Waals surface area contributed by atoms with Gasteiger partial charge in [-0.1, -0.05) is 30.1 Å². The second kappa shape index (κ2) is 17.4. The van der Waals surface area contributed by atoms with Crippen LogP contribution in [-0.4, -0.2) is 82.2 Å². The van der Waals surface area contributed by atoms with Crippen LogP contribution in [0.1, 0.15) is 101 Å². The van der Waals surface area contributed by atoms with E-state index in [1.165, 1.54) is 24.5 Å². The first-order valence-electron chi connectivity index (χ1n) is 19.8. The predicted molar refractivity (Wildman–Crippen MR) is 233 cm³/mol. The number of aromatic nitrogens is 4. The molecule has 0 fully saturated rings. The van der Waals surface area contributed by atoms with E-state index in [0.29, 0.717) is 89.0 Å². The summed E-state index contributed by atoms with van der Waals surface area (Å²) < 4.78 is 54.0. The molecule has 0 amide bonds. The first-order chi connectivity index (χ1) is 29.3. The number of nitrogens with zero attached hydrogens (tertiary/aromatic N) is 4.